The lowest BCUT2D eigenvalue weighted by atomic mass is 10.3. The highest BCUT2D eigenvalue weighted by Crippen LogP contribution is 2.15. The lowest BCUT2D eigenvalue weighted by Crippen LogP contribution is -2.34. The third kappa shape index (κ3) is 5.70. The van der Waals surface area contributed by atoms with Crippen molar-refractivity contribution in [1.82, 2.24) is 10.2 Å². The van der Waals surface area contributed by atoms with Crippen molar-refractivity contribution in [3.05, 3.63) is 28.7 Å². The van der Waals surface area contributed by atoms with E-state index in [9.17, 15) is 4.79 Å². The molecule has 0 saturated carbocycles. The van der Waals surface area contributed by atoms with Gasteiger partial charge in [0.15, 0.2) is 0 Å². The van der Waals surface area contributed by atoms with Gasteiger partial charge in [-0.1, -0.05) is 15.9 Å². The first-order chi connectivity index (χ1) is 8.09. The highest BCUT2D eigenvalue weighted by atomic mass is 79.9. The van der Waals surface area contributed by atoms with Gasteiger partial charge in [0.1, 0.15) is 12.4 Å². The topological polar surface area (TPSA) is 41.6 Å². The molecule has 1 amide bonds. The molecular weight excluding hydrogens is 284 g/mol. The van der Waals surface area contributed by atoms with Gasteiger partial charge in [-0.2, -0.15) is 0 Å². The average molecular weight is 301 g/mol. The number of rotatable bonds is 6. The van der Waals surface area contributed by atoms with Gasteiger partial charge in [0.2, 0.25) is 5.91 Å². The summed E-state index contributed by atoms with van der Waals surface area (Å²) in [6, 6.07) is 7.65. The number of nitrogens with one attached hydrogen (secondary N) is 1. The molecule has 0 heterocycles. The minimum absolute atomic E-state index is 0.0636. The molecule has 0 radical (unpaired) electrons. The number of carbonyl (C=O) groups is 1. The van der Waals surface area contributed by atoms with Crippen molar-refractivity contribution >= 4 is 21.8 Å². The van der Waals surface area contributed by atoms with Crippen molar-refractivity contribution in [3.63, 3.8) is 0 Å². The Hall–Kier alpha value is -1.07. The summed E-state index contributed by atoms with van der Waals surface area (Å²) in [5.41, 5.74) is 0. The number of hydrogen-bond donors (Lipinski definition) is 1. The molecule has 0 spiro atoms. The Kier molecular flexibility index (Phi) is 6.00. The summed E-state index contributed by atoms with van der Waals surface area (Å²) in [6.07, 6.45) is 0. The van der Waals surface area contributed by atoms with E-state index in [1.54, 1.807) is 19.0 Å². The minimum atomic E-state index is 0.0636. The molecule has 1 aromatic carbocycles. The zero-order valence-electron chi connectivity index (χ0n) is 10.1. The van der Waals surface area contributed by atoms with Crippen molar-refractivity contribution in [2.75, 3.05) is 33.8 Å². The molecule has 0 fully saturated rings. The van der Waals surface area contributed by atoms with E-state index in [-0.39, 0.29) is 5.91 Å². The van der Waals surface area contributed by atoms with E-state index < -0.39 is 0 Å². The van der Waals surface area contributed by atoms with E-state index in [0.29, 0.717) is 19.7 Å². The van der Waals surface area contributed by atoms with Crippen LogP contribution < -0.4 is 10.1 Å². The minimum Gasteiger partial charge on any atom is -0.492 e. The largest absolute Gasteiger partial charge is 0.492 e. The fourth-order valence-electron chi connectivity index (χ4n) is 1.13. The summed E-state index contributed by atoms with van der Waals surface area (Å²) in [5, 5.41) is 3.02. The fourth-order valence-corrected chi connectivity index (χ4v) is 1.39. The fraction of sp³-hybridized carbons (Fsp3) is 0.417. The molecule has 0 saturated heterocycles. The van der Waals surface area contributed by atoms with Gasteiger partial charge in [0, 0.05) is 25.1 Å². The first-order valence-corrected chi connectivity index (χ1v) is 6.18. The number of hydrogen-bond acceptors (Lipinski definition) is 3. The number of ether oxygens (including phenoxy) is 1. The standard InChI is InChI=1S/C12H17BrN2O2/c1-15(2)12(16)9-14-7-8-17-11-5-3-10(13)4-6-11/h3-6,14H,7-9H2,1-2H3. The van der Waals surface area contributed by atoms with Gasteiger partial charge < -0.3 is 15.0 Å². The molecule has 1 rings (SSSR count). The van der Waals surface area contributed by atoms with E-state index in [0.717, 1.165) is 10.2 Å². The van der Waals surface area contributed by atoms with Gasteiger partial charge in [0.25, 0.3) is 0 Å². The Morgan fingerprint density at radius 1 is 1.35 bits per heavy atom. The highest BCUT2D eigenvalue weighted by molar-refractivity contribution is 9.10. The van der Waals surface area contributed by atoms with Crippen LogP contribution in [0.5, 0.6) is 5.75 Å². The second-order valence-corrected chi connectivity index (χ2v) is 4.68. The van der Waals surface area contributed by atoms with E-state index in [2.05, 4.69) is 21.2 Å². The average Bonchev–Trinajstić information content (AvgIpc) is 2.30. The summed E-state index contributed by atoms with van der Waals surface area (Å²) in [6.45, 7) is 1.54. The molecule has 0 aromatic heterocycles. The van der Waals surface area contributed by atoms with Gasteiger partial charge >= 0.3 is 0 Å². The van der Waals surface area contributed by atoms with Crippen LogP contribution in [0.3, 0.4) is 0 Å². The van der Waals surface area contributed by atoms with Gasteiger partial charge in [-0.15, -0.1) is 0 Å². The molecule has 1 N–H and O–H groups in total. The van der Waals surface area contributed by atoms with Crippen molar-refractivity contribution in [2.24, 2.45) is 0 Å². The number of likely N-dealkylation sites (N-methyl/N-ethyl adjacent to an activating group) is 1. The second-order valence-electron chi connectivity index (χ2n) is 3.77. The Morgan fingerprint density at radius 2 is 2.00 bits per heavy atom. The van der Waals surface area contributed by atoms with Crippen LogP contribution in [0.1, 0.15) is 0 Å². The SMILES string of the molecule is CN(C)C(=O)CNCCOc1ccc(Br)cc1. The van der Waals surface area contributed by atoms with Gasteiger partial charge in [0.05, 0.1) is 6.54 Å². The maximum Gasteiger partial charge on any atom is 0.236 e. The Morgan fingerprint density at radius 3 is 2.59 bits per heavy atom. The van der Waals surface area contributed by atoms with Crippen LogP contribution in [0.15, 0.2) is 28.7 Å². The van der Waals surface area contributed by atoms with Crippen LogP contribution >= 0.6 is 15.9 Å². The zero-order valence-corrected chi connectivity index (χ0v) is 11.7. The van der Waals surface area contributed by atoms with Gasteiger partial charge in [-0.3, -0.25) is 4.79 Å². The molecule has 5 heteroatoms. The molecule has 0 bridgehead atoms. The zero-order chi connectivity index (χ0) is 12.7. The molecule has 0 aliphatic heterocycles. The molecule has 0 atom stereocenters. The summed E-state index contributed by atoms with van der Waals surface area (Å²) in [4.78, 5) is 12.8. The Labute approximate surface area is 110 Å². The summed E-state index contributed by atoms with van der Waals surface area (Å²) in [7, 11) is 3.48. The van der Waals surface area contributed by atoms with Gasteiger partial charge in [-0.25, -0.2) is 0 Å². The molecule has 17 heavy (non-hydrogen) atoms. The maximum atomic E-state index is 11.2. The number of amides is 1. The lowest BCUT2D eigenvalue weighted by Gasteiger charge is -2.11. The third-order valence-electron chi connectivity index (χ3n) is 2.14. The van der Waals surface area contributed by atoms with Crippen LogP contribution in [0.2, 0.25) is 0 Å². The van der Waals surface area contributed by atoms with Crippen molar-refractivity contribution in [2.45, 2.75) is 0 Å². The second kappa shape index (κ2) is 7.29. The van der Waals surface area contributed by atoms with E-state index >= 15 is 0 Å². The molecule has 94 valence electrons. The summed E-state index contributed by atoms with van der Waals surface area (Å²) >= 11 is 3.36. The van der Waals surface area contributed by atoms with E-state index in [1.807, 2.05) is 24.3 Å². The Balaban J connectivity index is 2.12. The third-order valence-corrected chi connectivity index (χ3v) is 2.66. The predicted octanol–water partition coefficient (Wildman–Crippen LogP) is 1.51. The molecule has 4 nitrogen and oxygen atoms in total. The molecule has 0 aliphatic rings. The quantitative estimate of drug-likeness (QED) is 0.810. The monoisotopic (exact) mass is 300 g/mol. The van der Waals surface area contributed by atoms with Crippen molar-refractivity contribution < 1.29 is 9.53 Å². The van der Waals surface area contributed by atoms with Crippen LogP contribution in [-0.4, -0.2) is 44.6 Å². The van der Waals surface area contributed by atoms with Crippen LogP contribution in [-0.2, 0) is 4.79 Å². The smallest absolute Gasteiger partial charge is 0.236 e. The van der Waals surface area contributed by atoms with Crippen LogP contribution in [0, 0.1) is 0 Å². The number of benzene rings is 1. The van der Waals surface area contributed by atoms with Crippen LogP contribution in [0.25, 0.3) is 0 Å². The first kappa shape index (κ1) is 14.0. The molecule has 0 aliphatic carbocycles. The summed E-state index contributed by atoms with van der Waals surface area (Å²) in [5.74, 6) is 0.891. The predicted molar refractivity (Wildman–Crippen MR) is 71.2 cm³/mol. The van der Waals surface area contributed by atoms with Crippen molar-refractivity contribution in [3.8, 4) is 5.75 Å². The lowest BCUT2D eigenvalue weighted by molar-refractivity contribution is -0.127. The number of carbonyl (C=O) groups excluding carboxylic acids is 1. The number of halogens is 1. The van der Waals surface area contributed by atoms with Crippen LogP contribution in [0.4, 0.5) is 0 Å². The normalized spacial score (nSPS) is 10.1. The number of nitrogens with zero attached hydrogens (tertiary/aromatic N) is 1. The first-order valence-electron chi connectivity index (χ1n) is 5.39. The Bertz CT molecular complexity index is 352. The molecular formula is C12H17BrN2O2. The van der Waals surface area contributed by atoms with Crippen molar-refractivity contribution in [1.29, 1.82) is 0 Å². The molecule has 1 aromatic rings. The highest BCUT2D eigenvalue weighted by Gasteiger charge is 2.01. The molecule has 0 unspecified atom stereocenters. The summed E-state index contributed by atoms with van der Waals surface area (Å²) < 4.78 is 6.52. The maximum absolute atomic E-state index is 11.2. The van der Waals surface area contributed by atoms with E-state index in [1.165, 1.54) is 0 Å². The van der Waals surface area contributed by atoms with E-state index in [4.69, 9.17) is 4.74 Å². The van der Waals surface area contributed by atoms with Gasteiger partial charge in [-0.05, 0) is 24.3 Å².